The summed E-state index contributed by atoms with van der Waals surface area (Å²) in [4.78, 5) is 30.5. The third-order valence-electron chi connectivity index (χ3n) is 4.21. The lowest BCUT2D eigenvalue weighted by molar-refractivity contribution is -0.118. The number of aryl methyl sites for hydroxylation is 3. The van der Waals surface area contributed by atoms with Gasteiger partial charge < -0.3 is 14.8 Å². The summed E-state index contributed by atoms with van der Waals surface area (Å²) in [5.41, 5.74) is 3.00. The van der Waals surface area contributed by atoms with Crippen molar-refractivity contribution in [3.8, 4) is 5.75 Å². The number of carbonyl (C=O) groups is 2. The Balaban J connectivity index is 1.88. The summed E-state index contributed by atoms with van der Waals surface area (Å²) in [5.74, 6) is -0.305. The van der Waals surface area contributed by atoms with Gasteiger partial charge in [0.05, 0.1) is 12.3 Å². The second kappa shape index (κ2) is 8.80. The first-order valence-corrected chi connectivity index (χ1v) is 10.3. The topological polar surface area (TPSA) is 77.5 Å². The number of anilines is 1. The number of esters is 1. The maximum Gasteiger partial charge on any atom is 0.350 e. The molecule has 1 amide bonds. The van der Waals surface area contributed by atoms with Crippen LogP contribution in [0.3, 0.4) is 0 Å². The number of carbonyl (C=O) groups excluding carboxylic acids is 2. The third kappa shape index (κ3) is 4.68. The first kappa shape index (κ1) is 21.1. The summed E-state index contributed by atoms with van der Waals surface area (Å²) in [7, 11) is 0. The second-order valence-electron chi connectivity index (χ2n) is 6.53. The lowest BCUT2D eigenvalue weighted by Crippen LogP contribution is -2.21. The Labute approximate surface area is 177 Å². The van der Waals surface area contributed by atoms with E-state index in [-0.39, 0.29) is 19.1 Å². The molecule has 0 saturated carbocycles. The van der Waals surface area contributed by atoms with Gasteiger partial charge in [-0.25, -0.2) is 9.78 Å². The summed E-state index contributed by atoms with van der Waals surface area (Å²) in [6.07, 6.45) is 0. The number of hydrogen-bond donors (Lipinski definition) is 1. The minimum Gasteiger partial charge on any atom is -0.483 e. The number of aromatic nitrogens is 1. The molecule has 0 bridgehead atoms. The van der Waals surface area contributed by atoms with E-state index >= 15 is 0 Å². The summed E-state index contributed by atoms with van der Waals surface area (Å²) in [6.45, 7) is 7.42. The molecule has 3 rings (SSSR count). The standard InChI is InChI=1S/C21H21ClN2O4S/c1-5-27-21(26)19-18(17-12(3)8-13(4)23-20(17)29-19)24-16(25)10-28-15-7-6-14(22)9-11(15)2/h6-9H,5,10H2,1-4H3,(H,24,25). The fourth-order valence-corrected chi connectivity index (χ4v) is 4.37. The first-order chi connectivity index (χ1) is 13.8. The van der Waals surface area contributed by atoms with Crippen LogP contribution in [0.25, 0.3) is 10.2 Å². The number of rotatable bonds is 6. The normalized spacial score (nSPS) is 10.8. The van der Waals surface area contributed by atoms with Crippen LogP contribution in [-0.2, 0) is 9.53 Å². The van der Waals surface area contributed by atoms with Crippen molar-refractivity contribution in [1.29, 1.82) is 0 Å². The van der Waals surface area contributed by atoms with Gasteiger partial charge in [0, 0.05) is 16.1 Å². The van der Waals surface area contributed by atoms with Crippen LogP contribution in [0, 0.1) is 20.8 Å². The van der Waals surface area contributed by atoms with Gasteiger partial charge >= 0.3 is 5.97 Å². The van der Waals surface area contributed by atoms with Crippen molar-refractivity contribution in [2.24, 2.45) is 0 Å². The molecule has 152 valence electrons. The molecule has 0 spiro atoms. The molecule has 8 heteroatoms. The fourth-order valence-electron chi connectivity index (χ4n) is 2.99. The monoisotopic (exact) mass is 432 g/mol. The average molecular weight is 433 g/mol. The van der Waals surface area contributed by atoms with E-state index in [1.807, 2.05) is 26.8 Å². The Hall–Kier alpha value is -2.64. The molecule has 0 radical (unpaired) electrons. The molecule has 0 saturated heterocycles. The number of nitrogens with zero attached hydrogens (tertiary/aromatic N) is 1. The molecule has 0 fully saturated rings. The summed E-state index contributed by atoms with van der Waals surface area (Å²) >= 11 is 7.15. The summed E-state index contributed by atoms with van der Waals surface area (Å²) in [5, 5.41) is 4.15. The predicted molar refractivity (Wildman–Crippen MR) is 115 cm³/mol. The number of ether oxygens (including phenoxy) is 2. The van der Waals surface area contributed by atoms with Crippen LogP contribution in [0.5, 0.6) is 5.75 Å². The van der Waals surface area contributed by atoms with Crippen LogP contribution in [0.1, 0.15) is 33.4 Å². The number of benzene rings is 1. The quantitative estimate of drug-likeness (QED) is 0.550. The number of amides is 1. The molecule has 2 heterocycles. The Kier molecular flexibility index (Phi) is 6.39. The molecule has 1 aromatic carbocycles. The molecule has 3 aromatic rings. The zero-order valence-electron chi connectivity index (χ0n) is 16.6. The van der Waals surface area contributed by atoms with Gasteiger partial charge in [0.15, 0.2) is 6.61 Å². The van der Waals surface area contributed by atoms with Crippen molar-refractivity contribution in [3.05, 3.63) is 51.0 Å². The van der Waals surface area contributed by atoms with E-state index in [0.29, 0.717) is 26.2 Å². The van der Waals surface area contributed by atoms with E-state index in [1.165, 1.54) is 11.3 Å². The predicted octanol–water partition coefficient (Wildman–Crippen LogP) is 5.07. The number of thiophene rings is 1. The number of hydrogen-bond acceptors (Lipinski definition) is 6. The molecule has 6 nitrogen and oxygen atoms in total. The van der Waals surface area contributed by atoms with E-state index in [4.69, 9.17) is 21.1 Å². The Bertz CT molecular complexity index is 1090. The van der Waals surface area contributed by atoms with E-state index in [1.54, 1.807) is 25.1 Å². The molecule has 0 aliphatic heterocycles. The van der Waals surface area contributed by atoms with E-state index in [9.17, 15) is 9.59 Å². The number of halogens is 1. The molecular weight excluding hydrogens is 412 g/mol. The van der Waals surface area contributed by atoms with Crippen LogP contribution in [-0.4, -0.2) is 30.1 Å². The van der Waals surface area contributed by atoms with Crippen molar-refractivity contribution in [2.75, 3.05) is 18.5 Å². The highest BCUT2D eigenvalue weighted by atomic mass is 35.5. The highest BCUT2D eigenvalue weighted by molar-refractivity contribution is 7.21. The fraction of sp³-hybridized carbons (Fsp3) is 0.286. The number of nitrogens with one attached hydrogen (secondary N) is 1. The maximum atomic E-state index is 12.6. The van der Waals surface area contributed by atoms with Crippen molar-refractivity contribution in [2.45, 2.75) is 27.7 Å². The Morgan fingerprint density at radius 1 is 1.17 bits per heavy atom. The highest BCUT2D eigenvalue weighted by Gasteiger charge is 2.23. The zero-order valence-corrected chi connectivity index (χ0v) is 18.2. The number of fused-ring (bicyclic) bond motifs is 1. The van der Waals surface area contributed by atoms with Crippen LogP contribution in [0.15, 0.2) is 24.3 Å². The van der Waals surface area contributed by atoms with Gasteiger partial charge in [-0.3, -0.25) is 4.79 Å². The molecule has 2 aromatic heterocycles. The summed E-state index contributed by atoms with van der Waals surface area (Å²) in [6, 6.07) is 7.08. The number of pyridine rings is 1. The third-order valence-corrected chi connectivity index (χ3v) is 5.51. The van der Waals surface area contributed by atoms with E-state index in [0.717, 1.165) is 22.2 Å². The average Bonchev–Trinajstić information content (AvgIpc) is 2.99. The molecule has 0 unspecified atom stereocenters. The smallest absolute Gasteiger partial charge is 0.350 e. The van der Waals surface area contributed by atoms with Crippen molar-refractivity contribution >= 4 is 50.7 Å². The SMILES string of the molecule is CCOC(=O)c1sc2nc(C)cc(C)c2c1NC(=O)COc1ccc(Cl)cc1C. The largest absolute Gasteiger partial charge is 0.483 e. The van der Waals surface area contributed by atoms with E-state index < -0.39 is 5.97 Å². The van der Waals surface area contributed by atoms with Gasteiger partial charge in [0.2, 0.25) is 0 Å². The molecule has 0 atom stereocenters. The molecule has 0 aliphatic rings. The molecule has 29 heavy (non-hydrogen) atoms. The first-order valence-electron chi connectivity index (χ1n) is 9.06. The van der Waals surface area contributed by atoms with Crippen molar-refractivity contribution in [1.82, 2.24) is 4.98 Å². The van der Waals surface area contributed by atoms with Crippen LogP contribution < -0.4 is 10.1 Å². The van der Waals surface area contributed by atoms with Crippen molar-refractivity contribution < 1.29 is 19.1 Å². The van der Waals surface area contributed by atoms with Crippen LogP contribution in [0.2, 0.25) is 5.02 Å². The van der Waals surface area contributed by atoms with Gasteiger partial charge in [-0.1, -0.05) is 11.6 Å². The minimum atomic E-state index is -0.489. The van der Waals surface area contributed by atoms with Gasteiger partial charge in [-0.2, -0.15) is 0 Å². The second-order valence-corrected chi connectivity index (χ2v) is 7.97. The van der Waals surface area contributed by atoms with Crippen LogP contribution in [0.4, 0.5) is 5.69 Å². The minimum absolute atomic E-state index is 0.208. The lowest BCUT2D eigenvalue weighted by atomic mass is 10.1. The zero-order chi connectivity index (χ0) is 21.1. The van der Waals surface area contributed by atoms with Gasteiger partial charge in [-0.05, 0) is 63.1 Å². The lowest BCUT2D eigenvalue weighted by Gasteiger charge is -2.11. The molecular formula is C21H21ClN2O4S. The summed E-state index contributed by atoms with van der Waals surface area (Å²) < 4.78 is 10.8. The molecule has 0 aliphatic carbocycles. The Morgan fingerprint density at radius 3 is 2.62 bits per heavy atom. The van der Waals surface area contributed by atoms with Gasteiger partial charge in [-0.15, -0.1) is 11.3 Å². The van der Waals surface area contributed by atoms with E-state index in [2.05, 4.69) is 10.3 Å². The Morgan fingerprint density at radius 2 is 1.93 bits per heavy atom. The van der Waals surface area contributed by atoms with Crippen molar-refractivity contribution in [3.63, 3.8) is 0 Å². The highest BCUT2D eigenvalue weighted by Crippen LogP contribution is 2.37. The van der Waals surface area contributed by atoms with Gasteiger partial charge in [0.25, 0.3) is 5.91 Å². The maximum absolute atomic E-state index is 12.6. The molecule has 1 N–H and O–H groups in total. The van der Waals surface area contributed by atoms with Crippen LogP contribution >= 0.6 is 22.9 Å². The van der Waals surface area contributed by atoms with Gasteiger partial charge in [0.1, 0.15) is 15.5 Å².